The number of piperidine rings is 2. The molecule has 0 bridgehead atoms. The maximum atomic E-state index is 14.2. The van der Waals surface area contributed by atoms with Gasteiger partial charge in [-0.25, -0.2) is 14.8 Å². The Balaban J connectivity index is 1.14. The maximum Gasteiger partial charge on any atom is 0.335 e. The number of nitrogen functional groups attached to an aromatic ring is 1. The van der Waals surface area contributed by atoms with E-state index in [-0.39, 0.29) is 41.0 Å². The quantitative estimate of drug-likeness (QED) is 0.235. The van der Waals surface area contributed by atoms with Crippen LogP contribution in [-0.2, 0) is 9.53 Å². The Bertz CT molecular complexity index is 1900. The number of hydrogen-bond donors (Lipinski definition) is 1. The van der Waals surface area contributed by atoms with E-state index in [1.807, 2.05) is 36.4 Å². The molecule has 2 aromatic heterocycles. The molecule has 1 unspecified atom stereocenters. The smallest absolute Gasteiger partial charge is 0.335 e. The number of aromatic nitrogens is 4. The summed E-state index contributed by atoms with van der Waals surface area (Å²) in [6, 6.07) is 18.9. The lowest BCUT2D eigenvalue weighted by molar-refractivity contribution is -0.128. The highest BCUT2D eigenvalue weighted by molar-refractivity contribution is 5.97. The molecule has 3 aliphatic heterocycles. The molecule has 7 rings (SSSR count). The molecule has 242 valence electrons. The first-order chi connectivity index (χ1) is 22.8. The van der Waals surface area contributed by atoms with Gasteiger partial charge >= 0.3 is 5.69 Å². The Hall–Kier alpha value is -4.99. The van der Waals surface area contributed by atoms with E-state index in [9.17, 15) is 14.9 Å². The summed E-state index contributed by atoms with van der Waals surface area (Å²) in [6.07, 6.45) is 6.32. The van der Waals surface area contributed by atoms with E-state index < -0.39 is 0 Å². The minimum atomic E-state index is -0.359. The maximum absolute atomic E-state index is 14.2. The van der Waals surface area contributed by atoms with Gasteiger partial charge in [-0.2, -0.15) is 5.26 Å². The molecular weight excluding hydrogens is 596 g/mol. The average molecular weight is 635 g/mol. The summed E-state index contributed by atoms with van der Waals surface area (Å²) in [5, 5.41) is 10.1. The molecule has 12 heteroatoms. The number of imidazole rings is 1. The number of amides is 1. The van der Waals surface area contributed by atoms with Gasteiger partial charge in [0.05, 0.1) is 31.0 Å². The van der Waals surface area contributed by atoms with Crippen LogP contribution in [0.1, 0.15) is 38.6 Å². The van der Waals surface area contributed by atoms with Crippen molar-refractivity contribution in [1.82, 2.24) is 28.9 Å². The third-order valence-electron chi connectivity index (χ3n) is 9.72. The number of nitrogens with two attached hydrogens (primary N) is 1. The van der Waals surface area contributed by atoms with Crippen LogP contribution in [0.5, 0.6) is 11.5 Å². The summed E-state index contributed by atoms with van der Waals surface area (Å²) in [4.78, 5) is 40.8. The first-order valence-electron chi connectivity index (χ1n) is 16.1. The largest absolute Gasteiger partial charge is 0.457 e. The van der Waals surface area contributed by atoms with Gasteiger partial charge in [-0.1, -0.05) is 31.2 Å². The second-order valence-electron chi connectivity index (χ2n) is 12.9. The number of anilines is 1. The number of carbonyl (C=O) groups excluding carboxylic acids is 1. The number of nitrogens with zero attached hydrogens (tertiary/aromatic N) is 7. The van der Waals surface area contributed by atoms with Gasteiger partial charge in [-0.15, -0.1) is 0 Å². The van der Waals surface area contributed by atoms with Crippen LogP contribution >= 0.6 is 0 Å². The standard InChI is InChI=1S/C35H38N8O4/c1-35(13-16-40(17-14-35)27-21-46-22-27)18-24(19-36)33(44)41-15-5-6-26(20-41)43-32-30(31(37)38-23-39-32)42(34(43)45)25-9-11-29(12-10-25)47-28-7-3-2-4-8-28/h2-4,7-12,18,23,26-27H,5-6,13-17,20-22H2,1H3,(H2,37,38,39). The number of benzene rings is 2. The van der Waals surface area contributed by atoms with Crippen LogP contribution < -0.4 is 16.2 Å². The molecule has 1 amide bonds. The fraction of sp³-hybridized carbons (Fsp3) is 0.400. The minimum absolute atomic E-state index is 0.160. The summed E-state index contributed by atoms with van der Waals surface area (Å²) in [5.74, 6) is 1.21. The van der Waals surface area contributed by atoms with Crippen molar-refractivity contribution in [3.05, 3.63) is 83.1 Å². The molecule has 0 saturated carbocycles. The third kappa shape index (κ3) is 6.00. The summed E-state index contributed by atoms with van der Waals surface area (Å²) >= 11 is 0. The van der Waals surface area contributed by atoms with Crippen molar-refractivity contribution in [2.75, 3.05) is 45.1 Å². The number of rotatable bonds is 7. The highest BCUT2D eigenvalue weighted by Gasteiger charge is 2.36. The van der Waals surface area contributed by atoms with E-state index in [0.29, 0.717) is 53.8 Å². The van der Waals surface area contributed by atoms with Crippen LogP contribution in [0.15, 0.2) is 77.4 Å². The van der Waals surface area contributed by atoms with Crippen LogP contribution in [-0.4, -0.2) is 80.2 Å². The van der Waals surface area contributed by atoms with Crippen LogP contribution in [0, 0.1) is 16.7 Å². The molecule has 0 spiro atoms. The SMILES string of the molecule is CC1(C=C(C#N)C(=O)N2CCCC(n3c(=O)n(-c4ccc(Oc5ccccc5)cc4)c4c(N)ncnc43)C2)CCN(C2COC2)CC1. The van der Waals surface area contributed by atoms with E-state index in [4.69, 9.17) is 15.2 Å². The van der Waals surface area contributed by atoms with Crippen LogP contribution in [0.25, 0.3) is 16.9 Å². The first kappa shape index (κ1) is 30.7. The lowest BCUT2D eigenvalue weighted by Crippen LogP contribution is -2.53. The Morgan fingerprint density at radius 1 is 1.04 bits per heavy atom. The molecule has 2 aromatic carbocycles. The monoisotopic (exact) mass is 634 g/mol. The van der Waals surface area contributed by atoms with E-state index in [2.05, 4.69) is 27.9 Å². The lowest BCUT2D eigenvalue weighted by Gasteiger charge is -2.44. The van der Waals surface area contributed by atoms with E-state index in [0.717, 1.165) is 39.1 Å². The fourth-order valence-electron chi connectivity index (χ4n) is 6.91. The average Bonchev–Trinajstić information content (AvgIpc) is 3.37. The van der Waals surface area contributed by atoms with Crippen LogP contribution in [0.3, 0.4) is 0 Å². The number of fused-ring (bicyclic) bond motifs is 1. The van der Waals surface area contributed by atoms with Gasteiger partial charge in [-0.05, 0) is 80.6 Å². The van der Waals surface area contributed by atoms with Crippen molar-refractivity contribution >= 4 is 22.9 Å². The second-order valence-corrected chi connectivity index (χ2v) is 12.9. The molecule has 12 nitrogen and oxygen atoms in total. The van der Waals surface area contributed by atoms with Crippen molar-refractivity contribution in [2.45, 2.75) is 44.7 Å². The van der Waals surface area contributed by atoms with Crippen molar-refractivity contribution in [3.8, 4) is 23.3 Å². The van der Waals surface area contributed by atoms with E-state index in [1.165, 1.54) is 10.9 Å². The summed E-state index contributed by atoms with van der Waals surface area (Å²) in [5.41, 5.74) is 7.33. The minimum Gasteiger partial charge on any atom is -0.457 e. The van der Waals surface area contributed by atoms with Gasteiger partial charge in [0, 0.05) is 13.1 Å². The second kappa shape index (κ2) is 12.7. The van der Waals surface area contributed by atoms with Gasteiger partial charge in [-0.3, -0.25) is 18.8 Å². The lowest BCUT2D eigenvalue weighted by atomic mass is 9.78. The van der Waals surface area contributed by atoms with Crippen LogP contribution in [0.4, 0.5) is 5.82 Å². The number of allylic oxidation sites excluding steroid dienone is 1. The fourth-order valence-corrected chi connectivity index (χ4v) is 6.91. The number of ether oxygens (including phenoxy) is 2. The van der Waals surface area contributed by atoms with Crippen molar-refractivity contribution in [2.24, 2.45) is 5.41 Å². The predicted molar refractivity (Wildman–Crippen MR) is 176 cm³/mol. The van der Waals surface area contributed by atoms with Gasteiger partial charge in [0.25, 0.3) is 5.91 Å². The Morgan fingerprint density at radius 2 is 1.77 bits per heavy atom. The third-order valence-corrected chi connectivity index (χ3v) is 9.72. The van der Waals surface area contributed by atoms with Gasteiger partial charge in [0.1, 0.15) is 35.0 Å². The van der Waals surface area contributed by atoms with Crippen molar-refractivity contribution in [3.63, 3.8) is 0 Å². The Labute approximate surface area is 272 Å². The molecule has 47 heavy (non-hydrogen) atoms. The predicted octanol–water partition coefficient (Wildman–Crippen LogP) is 4.07. The van der Waals surface area contributed by atoms with Crippen molar-refractivity contribution < 1.29 is 14.3 Å². The van der Waals surface area contributed by atoms with Gasteiger partial charge in [0.15, 0.2) is 11.5 Å². The number of hydrogen-bond acceptors (Lipinski definition) is 9. The molecule has 3 saturated heterocycles. The summed E-state index contributed by atoms with van der Waals surface area (Å²) < 4.78 is 14.4. The zero-order valence-corrected chi connectivity index (χ0v) is 26.4. The van der Waals surface area contributed by atoms with E-state index >= 15 is 0 Å². The molecule has 3 aliphatic rings. The summed E-state index contributed by atoms with van der Waals surface area (Å²) in [6.45, 7) is 6.30. The molecule has 1 atom stereocenters. The van der Waals surface area contributed by atoms with Gasteiger partial charge < -0.3 is 20.1 Å². The molecule has 2 N–H and O–H groups in total. The highest BCUT2D eigenvalue weighted by atomic mass is 16.5. The number of likely N-dealkylation sites (tertiary alicyclic amines) is 2. The van der Waals surface area contributed by atoms with Crippen LogP contribution in [0.2, 0.25) is 0 Å². The Kier molecular flexibility index (Phi) is 8.26. The zero-order chi connectivity index (χ0) is 32.5. The number of nitriles is 1. The summed E-state index contributed by atoms with van der Waals surface area (Å²) in [7, 11) is 0. The molecule has 4 aromatic rings. The Morgan fingerprint density at radius 3 is 2.45 bits per heavy atom. The molecular formula is C35H38N8O4. The molecule has 0 radical (unpaired) electrons. The first-order valence-corrected chi connectivity index (χ1v) is 16.1. The van der Waals surface area contributed by atoms with Crippen molar-refractivity contribution in [1.29, 1.82) is 5.26 Å². The van der Waals surface area contributed by atoms with E-state index in [1.54, 1.807) is 33.7 Å². The molecule has 0 aliphatic carbocycles. The number of carbonyl (C=O) groups is 1. The highest BCUT2D eigenvalue weighted by Crippen LogP contribution is 2.36. The van der Waals surface area contributed by atoms with Gasteiger partial charge in [0.2, 0.25) is 0 Å². The molecule has 5 heterocycles. The zero-order valence-electron chi connectivity index (χ0n) is 26.4. The normalized spacial score (nSPS) is 20.5. The molecule has 3 fully saturated rings. The topological polar surface area (TPSA) is 145 Å². The number of para-hydroxylation sites is 1.